The summed E-state index contributed by atoms with van der Waals surface area (Å²) in [5.74, 6) is -0.0682. The molecule has 116 valence electrons. The molecular formula is C15H22N2O3S. The number of ketones is 1. The van der Waals surface area contributed by atoms with E-state index >= 15 is 0 Å². The van der Waals surface area contributed by atoms with Crippen LogP contribution >= 0.6 is 0 Å². The quantitative estimate of drug-likeness (QED) is 0.749. The number of hydrogen-bond donors (Lipinski definition) is 0. The molecule has 0 amide bonds. The molecule has 2 rings (SSSR count). The van der Waals surface area contributed by atoms with Gasteiger partial charge in [-0.3, -0.25) is 4.79 Å². The minimum absolute atomic E-state index is 0.0682. The number of hydrogen-bond acceptors (Lipinski definition) is 4. The predicted octanol–water partition coefficient (Wildman–Crippen LogP) is 1.61. The molecule has 1 aromatic rings. The number of carbonyl (C=O) groups excluding carboxylic acids is 1. The Morgan fingerprint density at radius 2 is 1.76 bits per heavy atom. The zero-order chi connectivity index (χ0) is 15.5. The van der Waals surface area contributed by atoms with Crippen LogP contribution < -0.4 is 0 Å². The van der Waals surface area contributed by atoms with Gasteiger partial charge in [-0.25, -0.2) is 8.42 Å². The fourth-order valence-electron chi connectivity index (χ4n) is 2.45. The van der Waals surface area contributed by atoms with Crippen LogP contribution in [-0.4, -0.2) is 56.6 Å². The van der Waals surface area contributed by atoms with Crippen molar-refractivity contribution in [1.29, 1.82) is 0 Å². The van der Waals surface area contributed by atoms with E-state index in [1.165, 1.54) is 36.2 Å². The number of likely N-dealkylation sites (N-methyl/N-ethyl adjacent to an activating group) is 1. The lowest BCUT2D eigenvalue weighted by molar-refractivity contribution is 0.101. The standard InChI is InChI=1S/C15H22N2O3S/c1-13(18)14-5-7-15(8-6-14)21(19,20)16(2)11-12-17-9-3-4-10-17/h5-8H,3-4,9-12H2,1-2H3. The van der Waals surface area contributed by atoms with Crippen LogP contribution in [0.15, 0.2) is 29.2 Å². The first-order valence-corrected chi connectivity index (χ1v) is 8.65. The Balaban J connectivity index is 2.03. The van der Waals surface area contributed by atoms with Crippen molar-refractivity contribution in [3.05, 3.63) is 29.8 Å². The van der Waals surface area contributed by atoms with E-state index in [1.807, 2.05) is 0 Å². The molecule has 1 aliphatic heterocycles. The summed E-state index contributed by atoms with van der Waals surface area (Å²) in [6, 6.07) is 6.11. The third kappa shape index (κ3) is 3.90. The van der Waals surface area contributed by atoms with E-state index in [0.29, 0.717) is 12.1 Å². The summed E-state index contributed by atoms with van der Waals surface area (Å²) in [5.41, 5.74) is 0.522. The third-order valence-electron chi connectivity index (χ3n) is 3.90. The van der Waals surface area contributed by atoms with Crippen molar-refractivity contribution in [3.63, 3.8) is 0 Å². The SMILES string of the molecule is CC(=O)c1ccc(S(=O)(=O)N(C)CCN2CCCC2)cc1. The normalized spacial score (nSPS) is 16.5. The molecule has 21 heavy (non-hydrogen) atoms. The predicted molar refractivity (Wildman–Crippen MR) is 81.9 cm³/mol. The summed E-state index contributed by atoms with van der Waals surface area (Å²) in [5, 5.41) is 0. The lowest BCUT2D eigenvalue weighted by Gasteiger charge is -2.21. The summed E-state index contributed by atoms with van der Waals surface area (Å²) in [7, 11) is -1.88. The van der Waals surface area contributed by atoms with Gasteiger partial charge in [0, 0.05) is 25.7 Å². The molecule has 1 saturated heterocycles. The smallest absolute Gasteiger partial charge is 0.242 e. The van der Waals surface area contributed by atoms with E-state index in [1.54, 1.807) is 19.2 Å². The van der Waals surface area contributed by atoms with E-state index in [-0.39, 0.29) is 10.7 Å². The van der Waals surface area contributed by atoms with Gasteiger partial charge in [0.1, 0.15) is 0 Å². The van der Waals surface area contributed by atoms with E-state index in [9.17, 15) is 13.2 Å². The Morgan fingerprint density at radius 3 is 2.29 bits per heavy atom. The Morgan fingerprint density at radius 1 is 1.19 bits per heavy atom. The zero-order valence-corrected chi connectivity index (χ0v) is 13.4. The van der Waals surface area contributed by atoms with E-state index in [2.05, 4.69) is 4.90 Å². The van der Waals surface area contributed by atoms with Gasteiger partial charge in [-0.2, -0.15) is 4.31 Å². The molecule has 0 aliphatic carbocycles. The molecule has 0 bridgehead atoms. The van der Waals surface area contributed by atoms with Crippen LogP contribution in [0.5, 0.6) is 0 Å². The largest absolute Gasteiger partial charge is 0.302 e. The van der Waals surface area contributed by atoms with Crippen LogP contribution in [0.2, 0.25) is 0 Å². The number of nitrogens with zero attached hydrogens (tertiary/aromatic N) is 2. The maximum atomic E-state index is 12.4. The lowest BCUT2D eigenvalue weighted by Crippen LogP contribution is -2.35. The minimum atomic E-state index is -3.48. The summed E-state index contributed by atoms with van der Waals surface area (Å²) in [6.07, 6.45) is 2.39. The van der Waals surface area contributed by atoms with Crippen LogP contribution in [0.25, 0.3) is 0 Å². The maximum Gasteiger partial charge on any atom is 0.242 e. The molecule has 0 saturated carbocycles. The minimum Gasteiger partial charge on any atom is -0.302 e. The Kier molecular flexibility index (Phi) is 5.13. The van der Waals surface area contributed by atoms with Crippen molar-refractivity contribution in [1.82, 2.24) is 9.21 Å². The number of rotatable bonds is 6. The Labute approximate surface area is 126 Å². The first kappa shape index (κ1) is 16.1. The first-order valence-electron chi connectivity index (χ1n) is 7.21. The second kappa shape index (κ2) is 6.68. The van der Waals surface area contributed by atoms with Crippen molar-refractivity contribution in [2.75, 3.05) is 33.2 Å². The molecule has 1 aliphatic rings. The number of benzene rings is 1. The van der Waals surface area contributed by atoms with Crippen molar-refractivity contribution in [2.45, 2.75) is 24.7 Å². The average molecular weight is 310 g/mol. The van der Waals surface area contributed by atoms with Crippen molar-refractivity contribution in [3.8, 4) is 0 Å². The third-order valence-corrected chi connectivity index (χ3v) is 5.77. The van der Waals surface area contributed by atoms with Gasteiger partial charge in [0.2, 0.25) is 10.0 Å². The van der Waals surface area contributed by atoms with Crippen LogP contribution in [0.1, 0.15) is 30.1 Å². The summed E-state index contributed by atoms with van der Waals surface area (Å²) in [4.78, 5) is 13.7. The second-order valence-corrected chi connectivity index (χ2v) is 7.50. The van der Waals surface area contributed by atoms with Gasteiger partial charge in [0.25, 0.3) is 0 Å². The maximum absolute atomic E-state index is 12.4. The van der Waals surface area contributed by atoms with Gasteiger partial charge >= 0.3 is 0 Å². The Hall–Kier alpha value is -1.24. The Bertz CT molecular complexity index is 590. The van der Waals surface area contributed by atoms with Crippen LogP contribution in [0, 0.1) is 0 Å². The van der Waals surface area contributed by atoms with Crippen LogP contribution in [0.4, 0.5) is 0 Å². The highest BCUT2D eigenvalue weighted by atomic mass is 32.2. The molecule has 1 heterocycles. The molecule has 1 fully saturated rings. The van der Waals surface area contributed by atoms with E-state index < -0.39 is 10.0 Å². The number of carbonyl (C=O) groups is 1. The monoisotopic (exact) mass is 310 g/mol. The molecular weight excluding hydrogens is 288 g/mol. The number of likely N-dealkylation sites (tertiary alicyclic amines) is 1. The lowest BCUT2D eigenvalue weighted by atomic mass is 10.2. The molecule has 0 aromatic heterocycles. The number of sulfonamides is 1. The zero-order valence-electron chi connectivity index (χ0n) is 12.6. The molecule has 6 heteroatoms. The van der Waals surface area contributed by atoms with Gasteiger partial charge in [-0.1, -0.05) is 12.1 Å². The highest BCUT2D eigenvalue weighted by Gasteiger charge is 2.22. The fraction of sp³-hybridized carbons (Fsp3) is 0.533. The van der Waals surface area contributed by atoms with Gasteiger partial charge in [-0.05, 0) is 45.0 Å². The molecule has 0 spiro atoms. The van der Waals surface area contributed by atoms with Gasteiger partial charge in [-0.15, -0.1) is 0 Å². The van der Waals surface area contributed by atoms with Gasteiger partial charge in [0.05, 0.1) is 4.90 Å². The topological polar surface area (TPSA) is 57.7 Å². The van der Waals surface area contributed by atoms with Crippen molar-refractivity contribution < 1.29 is 13.2 Å². The first-order chi connectivity index (χ1) is 9.91. The van der Waals surface area contributed by atoms with Crippen molar-refractivity contribution >= 4 is 15.8 Å². The average Bonchev–Trinajstić information content (AvgIpc) is 2.98. The number of Topliss-reactive ketones (excluding diaryl/α,β-unsaturated/α-hetero) is 1. The summed E-state index contributed by atoms with van der Waals surface area (Å²) < 4.78 is 26.3. The van der Waals surface area contributed by atoms with E-state index in [0.717, 1.165) is 19.6 Å². The molecule has 0 atom stereocenters. The molecule has 0 radical (unpaired) electrons. The molecule has 0 N–H and O–H groups in total. The van der Waals surface area contributed by atoms with E-state index in [4.69, 9.17) is 0 Å². The summed E-state index contributed by atoms with van der Waals surface area (Å²) >= 11 is 0. The van der Waals surface area contributed by atoms with Gasteiger partial charge < -0.3 is 4.90 Å². The summed E-state index contributed by atoms with van der Waals surface area (Å²) in [6.45, 7) is 4.83. The van der Waals surface area contributed by atoms with Crippen molar-refractivity contribution in [2.24, 2.45) is 0 Å². The molecule has 5 nitrogen and oxygen atoms in total. The molecule has 1 aromatic carbocycles. The highest BCUT2D eigenvalue weighted by molar-refractivity contribution is 7.89. The highest BCUT2D eigenvalue weighted by Crippen LogP contribution is 2.16. The second-order valence-electron chi connectivity index (χ2n) is 5.46. The van der Waals surface area contributed by atoms with Crippen LogP contribution in [0.3, 0.4) is 0 Å². The van der Waals surface area contributed by atoms with Crippen LogP contribution in [-0.2, 0) is 10.0 Å². The van der Waals surface area contributed by atoms with Gasteiger partial charge in [0.15, 0.2) is 5.78 Å². The molecule has 0 unspecified atom stereocenters. The fourth-order valence-corrected chi connectivity index (χ4v) is 3.61.